The molecule has 1 aliphatic carbocycles. The number of allylic oxidation sites excluding steroid dienone is 5. The lowest BCUT2D eigenvalue weighted by atomic mass is 9.90. The lowest BCUT2D eigenvalue weighted by Crippen LogP contribution is -2.29. The molecule has 0 saturated heterocycles. The third-order valence-corrected chi connectivity index (χ3v) is 6.84. The molecule has 10 heteroatoms. The van der Waals surface area contributed by atoms with Crippen LogP contribution in [0.1, 0.15) is 11.1 Å². The highest BCUT2D eigenvalue weighted by molar-refractivity contribution is 7.85. The number of anilines is 1. The van der Waals surface area contributed by atoms with Gasteiger partial charge in [0.15, 0.2) is 18.8 Å². The molecular formula is C27H32N2O7S. The van der Waals surface area contributed by atoms with Crippen LogP contribution in [0.5, 0.6) is 0 Å². The van der Waals surface area contributed by atoms with Crippen molar-refractivity contribution >= 4 is 27.1 Å². The van der Waals surface area contributed by atoms with E-state index in [0.29, 0.717) is 42.9 Å². The van der Waals surface area contributed by atoms with Crippen molar-refractivity contribution < 1.29 is 38.0 Å². The third-order valence-electron chi connectivity index (χ3n) is 5.95. The van der Waals surface area contributed by atoms with E-state index < -0.39 is 10.1 Å². The Kier molecular flexibility index (Phi) is 10.3. The summed E-state index contributed by atoms with van der Waals surface area (Å²) in [6, 6.07) is 13.3. The van der Waals surface area contributed by atoms with Crippen LogP contribution in [-0.2, 0) is 10.1 Å². The fraction of sp³-hybridized carbons (Fsp3) is 0.296. The highest BCUT2D eigenvalue weighted by Gasteiger charge is 2.19. The molecule has 37 heavy (non-hydrogen) atoms. The molecule has 198 valence electrons. The molecule has 0 fully saturated rings. The summed E-state index contributed by atoms with van der Waals surface area (Å²) in [5.74, 6) is 0. The summed E-state index contributed by atoms with van der Waals surface area (Å²) in [4.78, 5) is 1.49. The van der Waals surface area contributed by atoms with E-state index in [1.54, 1.807) is 36.4 Å². The SMILES string of the molecule is O=S(=O)([O-])c1ccccc1C(=C1C=CC(=[N+](CCO)CCO)C=C1)c1ccc(N(CCO)CCO)cc1. The van der Waals surface area contributed by atoms with Gasteiger partial charge in [0, 0.05) is 36.5 Å². The molecular weight excluding hydrogens is 496 g/mol. The molecule has 0 saturated carbocycles. The monoisotopic (exact) mass is 528 g/mol. The number of benzene rings is 2. The van der Waals surface area contributed by atoms with E-state index in [1.807, 2.05) is 33.8 Å². The number of hydrogen-bond donors (Lipinski definition) is 4. The van der Waals surface area contributed by atoms with Crippen LogP contribution in [0, 0.1) is 0 Å². The first-order valence-corrected chi connectivity index (χ1v) is 13.3. The summed E-state index contributed by atoms with van der Waals surface area (Å²) in [6.45, 7) is 1.04. The van der Waals surface area contributed by atoms with Crippen LogP contribution < -0.4 is 4.90 Å². The number of hydrogen-bond acceptors (Lipinski definition) is 8. The van der Waals surface area contributed by atoms with Gasteiger partial charge in [-0.2, -0.15) is 0 Å². The molecule has 0 unspecified atom stereocenters. The van der Waals surface area contributed by atoms with Crippen molar-refractivity contribution in [1.82, 2.24) is 0 Å². The lowest BCUT2D eigenvalue weighted by Gasteiger charge is -2.24. The molecule has 0 bridgehead atoms. The van der Waals surface area contributed by atoms with Crippen molar-refractivity contribution in [3.8, 4) is 0 Å². The van der Waals surface area contributed by atoms with Crippen LogP contribution in [0.3, 0.4) is 0 Å². The first-order chi connectivity index (χ1) is 17.8. The van der Waals surface area contributed by atoms with Gasteiger partial charge in [0.2, 0.25) is 0 Å². The van der Waals surface area contributed by atoms with Gasteiger partial charge in [-0.15, -0.1) is 0 Å². The van der Waals surface area contributed by atoms with Crippen LogP contribution in [0.2, 0.25) is 0 Å². The topological polar surface area (TPSA) is 144 Å². The summed E-state index contributed by atoms with van der Waals surface area (Å²) in [5, 5.41) is 37.4. The van der Waals surface area contributed by atoms with Crippen LogP contribution in [0.25, 0.3) is 5.57 Å². The summed E-state index contributed by atoms with van der Waals surface area (Å²) in [5.41, 5.74) is 3.69. The van der Waals surface area contributed by atoms with Crippen LogP contribution in [0.4, 0.5) is 5.69 Å². The Morgan fingerprint density at radius 1 is 0.784 bits per heavy atom. The standard InChI is InChI=1S/C27H32N2O7S/c30-17-13-28(14-18-31)23-9-5-21(6-10-23)27(25-3-1-2-4-26(25)37(34,35)36)22-7-11-24(12-8-22)29(15-19-32)16-20-33/h1-12,30-33H,13-20H2. The largest absolute Gasteiger partial charge is 0.744 e. The molecule has 0 radical (unpaired) electrons. The first-order valence-electron chi connectivity index (χ1n) is 11.9. The predicted octanol–water partition coefficient (Wildman–Crippen LogP) is 0.748. The Morgan fingerprint density at radius 3 is 1.86 bits per heavy atom. The van der Waals surface area contributed by atoms with E-state index in [1.165, 1.54) is 12.1 Å². The van der Waals surface area contributed by atoms with E-state index in [0.717, 1.165) is 11.4 Å². The molecule has 0 spiro atoms. The smallest absolute Gasteiger partial charge is 0.200 e. The van der Waals surface area contributed by atoms with E-state index in [-0.39, 0.29) is 36.9 Å². The van der Waals surface area contributed by atoms with E-state index in [4.69, 9.17) is 0 Å². The maximum absolute atomic E-state index is 12.1. The number of rotatable bonds is 12. The molecule has 0 amide bonds. The van der Waals surface area contributed by atoms with Gasteiger partial charge < -0.3 is 29.9 Å². The summed E-state index contributed by atoms with van der Waals surface area (Å²) in [7, 11) is -4.77. The van der Waals surface area contributed by atoms with Crippen LogP contribution in [0.15, 0.2) is 83.3 Å². The molecule has 2 aromatic carbocycles. The minimum Gasteiger partial charge on any atom is -0.744 e. The fourth-order valence-electron chi connectivity index (χ4n) is 4.27. The number of nitrogens with zero attached hydrogens (tertiary/aromatic N) is 2. The summed E-state index contributed by atoms with van der Waals surface area (Å²) >= 11 is 0. The fourth-order valence-corrected chi connectivity index (χ4v) is 4.95. The van der Waals surface area contributed by atoms with Gasteiger partial charge in [0.1, 0.15) is 23.3 Å². The van der Waals surface area contributed by atoms with Crippen molar-refractivity contribution in [2.75, 3.05) is 57.5 Å². The molecule has 0 aromatic heterocycles. The average molecular weight is 529 g/mol. The zero-order chi connectivity index (χ0) is 26.8. The highest BCUT2D eigenvalue weighted by atomic mass is 32.2. The Balaban J connectivity index is 2.18. The molecule has 0 atom stereocenters. The summed E-state index contributed by atoms with van der Waals surface area (Å²) in [6.07, 6.45) is 7.23. The second-order valence-electron chi connectivity index (χ2n) is 8.29. The average Bonchev–Trinajstić information content (AvgIpc) is 2.89. The Hall–Kier alpha value is -3.12. The predicted molar refractivity (Wildman–Crippen MR) is 141 cm³/mol. The zero-order valence-corrected chi connectivity index (χ0v) is 21.2. The molecule has 1 aliphatic rings. The normalized spacial score (nSPS) is 13.2. The third kappa shape index (κ3) is 7.22. The van der Waals surface area contributed by atoms with Crippen molar-refractivity contribution in [1.29, 1.82) is 0 Å². The Morgan fingerprint density at radius 2 is 1.35 bits per heavy atom. The molecule has 9 nitrogen and oxygen atoms in total. The maximum atomic E-state index is 12.1. The van der Waals surface area contributed by atoms with Gasteiger partial charge >= 0.3 is 0 Å². The van der Waals surface area contributed by atoms with Gasteiger partial charge in [0.25, 0.3) is 0 Å². The minimum absolute atomic E-state index is 0.0796. The number of aliphatic hydroxyl groups excluding tert-OH is 4. The van der Waals surface area contributed by atoms with Crippen LogP contribution >= 0.6 is 0 Å². The summed E-state index contributed by atoms with van der Waals surface area (Å²) < 4.78 is 38.2. The second-order valence-corrected chi connectivity index (χ2v) is 9.64. The van der Waals surface area contributed by atoms with Crippen molar-refractivity contribution in [2.45, 2.75) is 4.90 Å². The van der Waals surface area contributed by atoms with Crippen molar-refractivity contribution in [2.24, 2.45) is 0 Å². The lowest BCUT2D eigenvalue weighted by molar-refractivity contribution is -0.530. The van der Waals surface area contributed by atoms with Gasteiger partial charge in [-0.25, -0.2) is 13.0 Å². The Labute approximate surface area is 217 Å². The molecule has 3 rings (SSSR count). The molecule has 0 heterocycles. The zero-order valence-electron chi connectivity index (χ0n) is 20.4. The van der Waals surface area contributed by atoms with Gasteiger partial charge in [-0.05, 0) is 47.1 Å². The highest BCUT2D eigenvalue weighted by Crippen LogP contribution is 2.34. The van der Waals surface area contributed by atoms with E-state index >= 15 is 0 Å². The molecule has 0 aliphatic heterocycles. The Bertz CT molecular complexity index is 1260. The number of aliphatic hydroxyl groups is 4. The van der Waals surface area contributed by atoms with Crippen LogP contribution in [-0.4, -0.2) is 96.3 Å². The first kappa shape index (κ1) is 28.5. The quantitative estimate of drug-likeness (QED) is 0.233. The van der Waals surface area contributed by atoms with Gasteiger partial charge in [0.05, 0.1) is 18.1 Å². The van der Waals surface area contributed by atoms with Gasteiger partial charge in [-0.3, -0.25) is 0 Å². The van der Waals surface area contributed by atoms with Crippen molar-refractivity contribution in [3.05, 3.63) is 89.5 Å². The minimum atomic E-state index is -4.77. The maximum Gasteiger partial charge on any atom is 0.200 e. The second kappa shape index (κ2) is 13.4. The van der Waals surface area contributed by atoms with Gasteiger partial charge in [-0.1, -0.05) is 30.3 Å². The molecule has 4 N–H and O–H groups in total. The van der Waals surface area contributed by atoms with Crippen molar-refractivity contribution in [3.63, 3.8) is 0 Å². The molecule has 2 aromatic rings. The van der Waals surface area contributed by atoms with E-state index in [9.17, 15) is 33.4 Å². The van der Waals surface area contributed by atoms with E-state index in [2.05, 4.69) is 0 Å².